The zero-order valence-corrected chi connectivity index (χ0v) is 23.1. The Bertz CT molecular complexity index is 765. The van der Waals surface area contributed by atoms with E-state index < -0.39 is 25.9 Å². The molecule has 1 rings (SSSR count). The Kier molecular flexibility index (Phi) is 13.1. The quantitative estimate of drug-likeness (QED) is 0.138. The van der Waals surface area contributed by atoms with Crippen LogP contribution in [0.2, 0.25) is 12.6 Å². The molecule has 0 aliphatic rings. The minimum absolute atomic E-state index is 0.0547. The molecular weight excluding hydrogens is 448 g/mol. The van der Waals surface area contributed by atoms with Crippen LogP contribution in [0.5, 0.6) is 5.75 Å². The van der Waals surface area contributed by atoms with E-state index in [1.54, 1.807) is 6.07 Å². The highest BCUT2D eigenvalue weighted by molar-refractivity contribution is 6.66. The largest absolute Gasteiger partial charge is 0.507 e. The highest BCUT2D eigenvalue weighted by atomic mass is 28.4. The maximum absolute atomic E-state index is 12.0. The van der Waals surface area contributed by atoms with Crippen LogP contribution in [0.15, 0.2) is 12.1 Å². The van der Waals surface area contributed by atoms with Gasteiger partial charge in [-0.15, -0.1) is 0 Å². The zero-order valence-electron chi connectivity index (χ0n) is 22.1. The van der Waals surface area contributed by atoms with Crippen LogP contribution in [0.3, 0.4) is 0 Å². The van der Waals surface area contributed by atoms with Crippen LogP contribution < -0.4 is 0 Å². The molecule has 1 aromatic rings. The molecule has 7 heteroatoms. The topological polar surface area (TPSA) is 93.1 Å². The molecule has 1 unspecified atom stereocenters. The molecule has 0 bridgehead atoms. The summed E-state index contributed by atoms with van der Waals surface area (Å²) in [6, 6.07) is 4.31. The molecule has 1 atom stereocenters. The van der Waals surface area contributed by atoms with Crippen molar-refractivity contribution in [3.63, 3.8) is 0 Å². The number of benzene rings is 1. The number of unbranched alkanes of at least 4 members (excludes halogenated alkanes) is 6. The molecule has 0 spiro atoms. The van der Waals surface area contributed by atoms with Gasteiger partial charge in [0.15, 0.2) is 6.29 Å². The summed E-state index contributed by atoms with van der Waals surface area (Å²) in [5, 5.41) is 20.2. The van der Waals surface area contributed by atoms with Crippen LogP contribution >= 0.6 is 0 Å². The number of carbonyl (C=O) groups excluding carboxylic acids is 1. The van der Waals surface area contributed by atoms with Crippen LogP contribution in [0.4, 0.5) is 0 Å². The van der Waals surface area contributed by atoms with Crippen molar-refractivity contribution in [3.05, 3.63) is 28.8 Å². The summed E-state index contributed by atoms with van der Waals surface area (Å²) in [5.41, 5.74) is 0.951. The van der Waals surface area contributed by atoms with Crippen molar-refractivity contribution in [1.82, 2.24) is 0 Å². The Balaban J connectivity index is 2.52. The average Bonchev–Trinajstić information content (AvgIpc) is 2.75. The summed E-state index contributed by atoms with van der Waals surface area (Å²) in [7, 11) is -2.01. The Labute approximate surface area is 207 Å². The van der Waals surface area contributed by atoms with E-state index in [2.05, 4.69) is 6.55 Å². The molecule has 0 heterocycles. The molecule has 0 aliphatic heterocycles. The van der Waals surface area contributed by atoms with Gasteiger partial charge < -0.3 is 19.1 Å². The van der Waals surface area contributed by atoms with Gasteiger partial charge in [-0.1, -0.05) is 71.8 Å². The minimum Gasteiger partial charge on any atom is -0.507 e. The van der Waals surface area contributed by atoms with Gasteiger partial charge in [0.25, 0.3) is 0 Å². The van der Waals surface area contributed by atoms with Crippen molar-refractivity contribution in [2.45, 2.75) is 110 Å². The monoisotopic (exact) mass is 494 g/mol. The molecule has 6 nitrogen and oxygen atoms in total. The third-order valence-corrected chi connectivity index (χ3v) is 9.38. The molecule has 0 radical (unpaired) electrons. The number of aliphatic carboxylic acids is 1. The van der Waals surface area contributed by atoms with Crippen molar-refractivity contribution in [2.24, 2.45) is 0 Å². The molecular formula is C27H46O6Si. The molecule has 0 amide bonds. The van der Waals surface area contributed by atoms with Crippen molar-refractivity contribution >= 4 is 20.8 Å². The maximum Gasteiger partial charge on any atom is 0.334 e. The van der Waals surface area contributed by atoms with Gasteiger partial charge in [-0.2, -0.15) is 0 Å². The highest BCUT2D eigenvalue weighted by Crippen LogP contribution is 2.37. The number of phenols is 1. The first-order valence-electron chi connectivity index (χ1n) is 12.8. The van der Waals surface area contributed by atoms with Crippen LogP contribution in [0.1, 0.15) is 113 Å². The lowest BCUT2D eigenvalue weighted by Gasteiger charge is -2.25. The van der Waals surface area contributed by atoms with E-state index >= 15 is 0 Å². The summed E-state index contributed by atoms with van der Waals surface area (Å²) < 4.78 is 11.8. The minimum atomic E-state index is -2.01. The summed E-state index contributed by atoms with van der Waals surface area (Å²) in [4.78, 5) is 23.4. The van der Waals surface area contributed by atoms with Gasteiger partial charge in [0.05, 0.1) is 11.5 Å². The third kappa shape index (κ3) is 9.88. The Hall–Kier alpha value is -1.70. The summed E-state index contributed by atoms with van der Waals surface area (Å²) >= 11 is 0. The molecule has 0 fully saturated rings. The van der Waals surface area contributed by atoms with E-state index in [1.165, 1.54) is 12.5 Å². The summed E-state index contributed by atoms with van der Waals surface area (Å²) in [6.07, 6.45) is 8.61. The van der Waals surface area contributed by atoms with Gasteiger partial charge >= 0.3 is 14.5 Å². The molecule has 0 saturated heterocycles. The first-order valence-corrected chi connectivity index (χ1v) is 15.3. The van der Waals surface area contributed by atoms with Crippen LogP contribution in [0, 0.1) is 0 Å². The number of carbonyl (C=O) groups is 2. The summed E-state index contributed by atoms with van der Waals surface area (Å²) in [5.74, 6) is -1.63. The lowest BCUT2D eigenvalue weighted by Crippen LogP contribution is -2.38. The number of hydrogen-bond acceptors (Lipinski definition) is 5. The van der Waals surface area contributed by atoms with E-state index in [-0.39, 0.29) is 11.3 Å². The first kappa shape index (κ1) is 30.3. The van der Waals surface area contributed by atoms with Crippen molar-refractivity contribution < 1.29 is 28.7 Å². The molecule has 34 heavy (non-hydrogen) atoms. The van der Waals surface area contributed by atoms with E-state index in [0.29, 0.717) is 37.0 Å². The molecule has 194 valence electrons. The van der Waals surface area contributed by atoms with Crippen molar-refractivity contribution in [1.29, 1.82) is 0 Å². The lowest BCUT2D eigenvalue weighted by atomic mass is 9.81. The van der Waals surface area contributed by atoms with E-state index in [0.717, 1.165) is 44.6 Å². The van der Waals surface area contributed by atoms with Gasteiger partial charge in [0.1, 0.15) is 5.75 Å². The molecule has 1 aromatic carbocycles. The SMILES string of the molecule is CCO[Si](C)(CCCCCCCCCC(C(=O)O)c1cc(C=O)c(O)c(C(C)(C)C)c1)OCC. The van der Waals surface area contributed by atoms with Gasteiger partial charge in [0, 0.05) is 18.8 Å². The third-order valence-electron chi connectivity index (χ3n) is 6.32. The fourth-order valence-corrected chi connectivity index (χ4v) is 6.94. The number of aldehydes is 1. The number of carboxylic acids is 1. The Morgan fingerprint density at radius 1 is 1.00 bits per heavy atom. The van der Waals surface area contributed by atoms with Gasteiger partial charge in [-0.3, -0.25) is 9.59 Å². The number of rotatable bonds is 17. The number of aromatic hydroxyl groups is 1. The fourth-order valence-electron chi connectivity index (χ4n) is 4.45. The lowest BCUT2D eigenvalue weighted by molar-refractivity contribution is -0.139. The molecule has 0 aliphatic carbocycles. The number of hydrogen-bond donors (Lipinski definition) is 2. The number of phenolic OH excluding ortho intramolecular Hbond substituents is 1. The number of carboxylic acid groups (broad SMARTS) is 1. The molecule has 0 saturated carbocycles. The van der Waals surface area contributed by atoms with Gasteiger partial charge in [0.2, 0.25) is 0 Å². The smallest absolute Gasteiger partial charge is 0.334 e. The summed E-state index contributed by atoms with van der Waals surface area (Å²) in [6.45, 7) is 13.4. The van der Waals surface area contributed by atoms with Gasteiger partial charge in [-0.05, 0) is 49.9 Å². The predicted octanol–water partition coefficient (Wildman–Crippen LogP) is 6.94. The van der Waals surface area contributed by atoms with E-state index in [1.807, 2.05) is 34.6 Å². The van der Waals surface area contributed by atoms with Crippen LogP contribution in [0.25, 0.3) is 0 Å². The molecule has 2 N–H and O–H groups in total. The Morgan fingerprint density at radius 2 is 1.53 bits per heavy atom. The second-order valence-corrected chi connectivity index (χ2v) is 13.6. The normalized spacial score (nSPS) is 13.1. The van der Waals surface area contributed by atoms with Crippen molar-refractivity contribution in [3.8, 4) is 5.75 Å². The predicted molar refractivity (Wildman–Crippen MR) is 139 cm³/mol. The van der Waals surface area contributed by atoms with E-state index in [4.69, 9.17) is 8.85 Å². The zero-order chi connectivity index (χ0) is 25.8. The van der Waals surface area contributed by atoms with E-state index in [9.17, 15) is 19.8 Å². The first-order chi connectivity index (χ1) is 16.0. The maximum atomic E-state index is 12.0. The van der Waals surface area contributed by atoms with Gasteiger partial charge in [-0.25, -0.2) is 0 Å². The van der Waals surface area contributed by atoms with Crippen molar-refractivity contribution in [2.75, 3.05) is 13.2 Å². The standard InChI is InChI=1S/C27H46O6Si/c1-7-32-34(6,33-8-2)17-15-13-11-9-10-12-14-16-23(26(30)31)21-18-22(20-28)25(29)24(19-21)27(3,4)5/h18-20,23,29H,7-17H2,1-6H3,(H,30,31). The average molecular weight is 495 g/mol. The second-order valence-electron chi connectivity index (χ2n) is 10.3. The fraction of sp³-hybridized carbons (Fsp3) is 0.704. The second kappa shape index (κ2) is 14.6. The highest BCUT2D eigenvalue weighted by Gasteiger charge is 2.30. The Morgan fingerprint density at radius 3 is 2.00 bits per heavy atom. The molecule has 0 aromatic heterocycles. The van der Waals surface area contributed by atoms with Crippen LogP contribution in [-0.4, -0.2) is 44.2 Å². The van der Waals surface area contributed by atoms with Crippen LogP contribution in [-0.2, 0) is 19.1 Å².